The molecule has 1 aromatic rings. The quantitative estimate of drug-likeness (QED) is 0.782. The molecule has 0 radical (unpaired) electrons. The summed E-state index contributed by atoms with van der Waals surface area (Å²) in [6.07, 6.45) is 1.96. The van der Waals surface area contributed by atoms with E-state index in [1.807, 2.05) is 0 Å². The summed E-state index contributed by atoms with van der Waals surface area (Å²) >= 11 is 0. The molecule has 0 spiro atoms. The first kappa shape index (κ1) is 18.9. The van der Waals surface area contributed by atoms with E-state index in [1.165, 1.54) is 0 Å². The predicted octanol–water partition coefficient (Wildman–Crippen LogP) is 2.12. The second kappa shape index (κ2) is 8.64. The topological polar surface area (TPSA) is 70.7 Å². The zero-order valence-electron chi connectivity index (χ0n) is 15.7. The molecule has 3 rings (SSSR count). The second-order valence-electron chi connectivity index (χ2n) is 7.51. The van der Waals surface area contributed by atoms with Crippen molar-refractivity contribution in [1.29, 1.82) is 0 Å². The number of ether oxygens (including phenoxy) is 1. The zero-order chi connectivity index (χ0) is 18.5. The first-order valence-corrected chi connectivity index (χ1v) is 9.55. The van der Waals surface area contributed by atoms with Gasteiger partial charge in [0.1, 0.15) is 0 Å². The molecule has 2 amide bonds. The minimum absolute atomic E-state index is 0.0764. The highest BCUT2D eigenvalue weighted by molar-refractivity contribution is 5.96. The van der Waals surface area contributed by atoms with Gasteiger partial charge in [0.25, 0.3) is 5.91 Å². The summed E-state index contributed by atoms with van der Waals surface area (Å²) < 4.78 is 5.42. The highest BCUT2D eigenvalue weighted by atomic mass is 16.5. The fourth-order valence-electron chi connectivity index (χ4n) is 3.29. The molecular formula is C20H29N3O3. The second-order valence-corrected chi connectivity index (χ2v) is 7.51. The number of nitrogens with zero attached hydrogens (tertiary/aromatic N) is 1. The van der Waals surface area contributed by atoms with Gasteiger partial charge in [0.2, 0.25) is 5.91 Å². The van der Waals surface area contributed by atoms with E-state index < -0.39 is 0 Å². The summed E-state index contributed by atoms with van der Waals surface area (Å²) in [5, 5.41) is 5.95. The lowest BCUT2D eigenvalue weighted by atomic mass is 10.0. The zero-order valence-corrected chi connectivity index (χ0v) is 15.7. The fourth-order valence-corrected chi connectivity index (χ4v) is 3.29. The highest BCUT2D eigenvalue weighted by Crippen LogP contribution is 2.30. The number of amides is 2. The molecular weight excluding hydrogens is 330 g/mol. The first-order valence-electron chi connectivity index (χ1n) is 9.55. The van der Waals surface area contributed by atoms with Crippen LogP contribution in [0.25, 0.3) is 0 Å². The van der Waals surface area contributed by atoms with Crippen molar-refractivity contribution in [2.75, 3.05) is 38.2 Å². The van der Waals surface area contributed by atoms with Gasteiger partial charge < -0.3 is 15.4 Å². The lowest BCUT2D eigenvalue weighted by Crippen LogP contribution is -2.51. The molecule has 1 heterocycles. The van der Waals surface area contributed by atoms with Crippen molar-refractivity contribution < 1.29 is 14.3 Å². The Morgan fingerprint density at radius 3 is 2.38 bits per heavy atom. The molecule has 6 heteroatoms. The molecule has 1 atom stereocenters. The van der Waals surface area contributed by atoms with E-state index >= 15 is 0 Å². The van der Waals surface area contributed by atoms with E-state index in [1.54, 1.807) is 24.3 Å². The van der Waals surface area contributed by atoms with Crippen molar-refractivity contribution in [3.8, 4) is 0 Å². The Bertz CT molecular complexity index is 620. The van der Waals surface area contributed by atoms with Crippen molar-refractivity contribution in [2.45, 2.75) is 32.7 Å². The maximum Gasteiger partial charge on any atom is 0.251 e. The molecule has 1 saturated carbocycles. The van der Waals surface area contributed by atoms with Crippen LogP contribution in [0.5, 0.6) is 0 Å². The van der Waals surface area contributed by atoms with E-state index in [0.29, 0.717) is 24.1 Å². The van der Waals surface area contributed by atoms with Gasteiger partial charge in [-0.2, -0.15) is 0 Å². The van der Waals surface area contributed by atoms with Gasteiger partial charge in [-0.05, 0) is 43.0 Å². The van der Waals surface area contributed by atoms with Crippen molar-refractivity contribution >= 4 is 17.5 Å². The number of rotatable bonds is 7. The van der Waals surface area contributed by atoms with Gasteiger partial charge in [0.15, 0.2) is 0 Å². The number of carbonyl (C=O) groups is 2. The third kappa shape index (κ3) is 5.05. The Morgan fingerprint density at radius 1 is 1.15 bits per heavy atom. The minimum Gasteiger partial charge on any atom is -0.379 e. The molecule has 1 aliphatic heterocycles. The van der Waals surface area contributed by atoms with Gasteiger partial charge >= 0.3 is 0 Å². The van der Waals surface area contributed by atoms with E-state index in [-0.39, 0.29) is 17.7 Å². The Morgan fingerprint density at radius 2 is 1.81 bits per heavy atom. The van der Waals surface area contributed by atoms with E-state index in [2.05, 4.69) is 29.4 Å². The summed E-state index contributed by atoms with van der Waals surface area (Å²) in [7, 11) is 0. The van der Waals surface area contributed by atoms with Crippen LogP contribution in [0.2, 0.25) is 0 Å². The Kier molecular flexibility index (Phi) is 6.27. The predicted molar refractivity (Wildman–Crippen MR) is 101 cm³/mol. The number of anilines is 1. The standard InChI is InChI=1S/C20H29N3O3/c1-14(2)18(23-9-11-26-12-10-23)13-21-19(24)15-5-7-17(8-6-15)22-20(25)16-3-4-16/h5-8,14,16,18H,3-4,9-13H2,1-2H3,(H,21,24)(H,22,25). The normalized spacial score (nSPS) is 19.2. The molecule has 142 valence electrons. The molecule has 1 aliphatic carbocycles. The Balaban J connectivity index is 1.52. The maximum absolute atomic E-state index is 12.5. The largest absolute Gasteiger partial charge is 0.379 e. The van der Waals surface area contributed by atoms with Gasteiger partial charge in [0.05, 0.1) is 13.2 Å². The third-order valence-corrected chi connectivity index (χ3v) is 5.12. The van der Waals surface area contributed by atoms with Crippen molar-refractivity contribution in [2.24, 2.45) is 11.8 Å². The van der Waals surface area contributed by atoms with Crippen LogP contribution in [0.4, 0.5) is 5.69 Å². The van der Waals surface area contributed by atoms with Gasteiger partial charge in [0, 0.05) is 42.8 Å². The Labute approximate surface area is 155 Å². The van der Waals surface area contributed by atoms with Crippen LogP contribution in [0.1, 0.15) is 37.0 Å². The molecule has 26 heavy (non-hydrogen) atoms. The average Bonchev–Trinajstić information content (AvgIpc) is 3.48. The maximum atomic E-state index is 12.5. The number of benzene rings is 1. The Hall–Kier alpha value is -1.92. The van der Waals surface area contributed by atoms with E-state index in [9.17, 15) is 9.59 Å². The molecule has 2 N–H and O–H groups in total. The number of hydrogen-bond acceptors (Lipinski definition) is 4. The molecule has 1 unspecified atom stereocenters. The first-order chi connectivity index (χ1) is 12.5. The number of morpholine rings is 1. The lowest BCUT2D eigenvalue weighted by molar-refractivity contribution is -0.117. The fraction of sp³-hybridized carbons (Fsp3) is 0.600. The minimum atomic E-state index is -0.0796. The summed E-state index contributed by atoms with van der Waals surface area (Å²) in [4.78, 5) is 26.6. The van der Waals surface area contributed by atoms with Crippen molar-refractivity contribution in [3.05, 3.63) is 29.8 Å². The molecule has 6 nitrogen and oxygen atoms in total. The number of hydrogen-bond donors (Lipinski definition) is 2. The SMILES string of the molecule is CC(C)C(CNC(=O)c1ccc(NC(=O)C2CC2)cc1)N1CCOCC1. The molecule has 2 aliphatic rings. The van der Waals surface area contributed by atoms with Crippen LogP contribution in [-0.4, -0.2) is 55.6 Å². The van der Waals surface area contributed by atoms with Crippen LogP contribution in [-0.2, 0) is 9.53 Å². The van der Waals surface area contributed by atoms with Crippen molar-refractivity contribution in [3.63, 3.8) is 0 Å². The van der Waals surface area contributed by atoms with Gasteiger partial charge in [-0.3, -0.25) is 14.5 Å². The summed E-state index contributed by atoms with van der Waals surface area (Å²) in [5.74, 6) is 0.621. The van der Waals surface area contributed by atoms with Crippen molar-refractivity contribution in [1.82, 2.24) is 10.2 Å². The molecule has 2 fully saturated rings. The number of nitrogens with one attached hydrogen (secondary N) is 2. The summed E-state index contributed by atoms with van der Waals surface area (Å²) in [6.45, 7) is 8.32. The van der Waals surface area contributed by atoms with Crippen LogP contribution in [0.3, 0.4) is 0 Å². The monoisotopic (exact) mass is 359 g/mol. The van der Waals surface area contributed by atoms with E-state index in [0.717, 1.165) is 44.8 Å². The van der Waals surface area contributed by atoms with Crippen LogP contribution < -0.4 is 10.6 Å². The van der Waals surface area contributed by atoms with Crippen LogP contribution in [0.15, 0.2) is 24.3 Å². The molecule has 0 aromatic heterocycles. The lowest BCUT2D eigenvalue weighted by Gasteiger charge is -2.36. The van der Waals surface area contributed by atoms with Gasteiger partial charge in [-0.15, -0.1) is 0 Å². The molecule has 1 saturated heterocycles. The smallest absolute Gasteiger partial charge is 0.251 e. The average molecular weight is 359 g/mol. The van der Waals surface area contributed by atoms with E-state index in [4.69, 9.17) is 4.74 Å². The third-order valence-electron chi connectivity index (χ3n) is 5.12. The van der Waals surface area contributed by atoms with Gasteiger partial charge in [-0.25, -0.2) is 0 Å². The summed E-state index contributed by atoms with van der Waals surface area (Å²) in [5.41, 5.74) is 1.35. The summed E-state index contributed by atoms with van der Waals surface area (Å²) in [6, 6.07) is 7.40. The van der Waals surface area contributed by atoms with Crippen LogP contribution >= 0.6 is 0 Å². The molecule has 1 aromatic carbocycles. The highest BCUT2D eigenvalue weighted by Gasteiger charge is 2.29. The van der Waals surface area contributed by atoms with Crippen LogP contribution in [0, 0.1) is 11.8 Å². The van der Waals surface area contributed by atoms with Gasteiger partial charge in [-0.1, -0.05) is 13.8 Å². The molecule has 0 bridgehead atoms. The number of carbonyl (C=O) groups excluding carboxylic acids is 2.